The average Bonchev–Trinajstić information content (AvgIpc) is 3.12. The Bertz CT molecular complexity index is 742. The summed E-state index contributed by atoms with van der Waals surface area (Å²) in [5.74, 6) is 1.11. The Kier molecular flexibility index (Phi) is 7.20. The molecule has 0 fully saturated rings. The molecule has 0 saturated carbocycles. The third kappa shape index (κ3) is 6.23. The molecule has 2 aromatic rings. The van der Waals surface area contributed by atoms with Gasteiger partial charge in [-0.05, 0) is 36.2 Å². The second kappa shape index (κ2) is 9.60. The van der Waals surface area contributed by atoms with Crippen molar-refractivity contribution in [1.29, 1.82) is 0 Å². The molecule has 0 saturated heterocycles. The summed E-state index contributed by atoms with van der Waals surface area (Å²) in [5, 5.41) is 6.20. The number of furan rings is 1. The molecule has 1 amide bonds. The molecular weight excluding hydrogens is 335 g/mol. The van der Waals surface area contributed by atoms with Crippen molar-refractivity contribution in [2.24, 2.45) is 4.99 Å². The number of carbonyl (C=O) groups is 1. The zero-order chi connectivity index (χ0) is 18.9. The van der Waals surface area contributed by atoms with Crippen LogP contribution in [0, 0.1) is 12.7 Å². The van der Waals surface area contributed by atoms with Crippen molar-refractivity contribution in [2.75, 3.05) is 27.2 Å². The first-order valence-corrected chi connectivity index (χ1v) is 8.45. The summed E-state index contributed by atoms with van der Waals surface area (Å²) in [6, 6.07) is 8.66. The smallest absolute Gasteiger partial charge is 0.241 e. The summed E-state index contributed by atoms with van der Waals surface area (Å²) >= 11 is 0. The van der Waals surface area contributed by atoms with E-state index in [0.29, 0.717) is 31.0 Å². The van der Waals surface area contributed by atoms with Gasteiger partial charge in [0.05, 0.1) is 19.4 Å². The molecule has 2 N–H and O–H groups in total. The predicted octanol–water partition coefficient (Wildman–Crippen LogP) is 2.09. The van der Waals surface area contributed by atoms with Gasteiger partial charge in [0.15, 0.2) is 5.96 Å². The van der Waals surface area contributed by atoms with Gasteiger partial charge < -0.3 is 20.0 Å². The highest BCUT2D eigenvalue weighted by Gasteiger charge is 2.07. The van der Waals surface area contributed by atoms with Crippen LogP contribution < -0.4 is 10.6 Å². The zero-order valence-corrected chi connectivity index (χ0v) is 15.4. The van der Waals surface area contributed by atoms with Gasteiger partial charge in [0.1, 0.15) is 11.6 Å². The van der Waals surface area contributed by atoms with Crippen molar-refractivity contribution in [2.45, 2.75) is 19.9 Å². The molecule has 2 rings (SSSR count). The largest absolute Gasteiger partial charge is 0.469 e. The third-order valence-corrected chi connectivity index (χ3v) is 3.79. The topological polar surface area (TPSA) is 69.9 Å². The first kappa shape index (κ1) is 19.5. The van der Waals surface area contributed by atoms with Crippen molar-refractivity contribution in [3.63, 3.8) is 0 Å². The number of hydrogen-bond acceptors (Lipinski definition) is 3. The molecule has 0 radical (unpaired) electrons. The number of nitrogens with one attached hydrogen (secondary N) is 2. The molecule has 0 aliphatic carbocycles. The first-order valence-electron chi connectivity index (χ1n) is 8.45. The monoisotopic (exact) mass is 360 g/mol. The number of benzene rings is 1. The molecule has 0 atom stereocenters. The van der Waals surface area contributed by atoms with E-state index in [0.717, 1.165) is 11.3 Å². The standard InChI is InChI=1S/C19H25FN4O2/c1-14-11-15(6-7-17(14)20)12-22-19(23-13-18(25)24(2)3)21-9-8-16-5-4-10-26-16/h4-7,10-11H,8-9,12-13H2,1-3H3,(H2,21,22,23). The van der Waals surface area contributed by atoms with Gasteiger partial charge in [-0.15, -0.1) is 0 Å². The number of hydrogen-bond donors (Lipinski definition) is 2. The minimum atomic E-state index is -0.232. The van der Waals surface area contributed by atoms with Crippen LogP contribution in [0.15, 0.2) is 46.0 Å². The molecule has 140 valence electrons. The van der Waals surface area contributed by atoms with Crippen LogP contribution in [0.2, 0.25) is 0 Å². The lowest BCUT2D eigenvalue weighted by Gasteiger charge is -2.15. The van der Waals surface area contributed by atoms with Crippen LogP contribution in [0.4, 0.5) is 4.39 Å². The van der Waals surface area contributed by atoms with E-state index < -0.39 is 0 Å². The van der Waals surface area contributed by atoms with Gasteiger partial charge in [-0.3, -0.25) is 4.79 Å². The Morgan fingerprint density at radius 1 is 1.27 bits per heavy atom. The molecule has 26 heavy (non-hydrogen) atoms. The van der Waals surface area contributed by atoms with Gasteiger partial charge in [-0.1, -0.05) is 12.1 Å². The maximum Gasteiger partial charge on any atom is 0.241 e. The first-order chi connectivity index (χ1) is 12.5. The summed E-state index contributed by atoms with van der Waals surface area (Å²) in [6.45, 7) is 2.85. The van der Waals surface area contributed by atoms with Crippen LogP contribution in [-0.2, 0) is 17.8 Å². The minimum Gasteiger partial charge on any atom is -0.469 e. The predicted molar refractivity (Wildman–Crippen MR) is 99.4 cm³/mol. The fraction of sp³-hybridized carbons (Fsp3) is 0.368. The summed E-state index contributed by atoms with van der Waals surface area (Å²) in [6.07, 6.45) is 2.33. The van der Waals surface area contributed by atoms with Gasteiger partial charge in [0.2, 0.25) is 5.91 Å². The van der Waals surface area contributed by atoms with Gasteiger partial charge in [0, 0.05) is 27.1 Å². The molecule has 0 aliphatic heterocycles. The second-order valence-electron chi connectivity index (χ2n) is 6.15. The normalized spacial score (nSPS) is 11.3. The van der Waals surface area contributed by atoms with Gasteiger partial charge >= 0.3 is 0 Å². The van der Waals surface area contributed by atoms with E-state index in [1.54, 1.807) is 39.4 Å². The maximum absolute atomic E-state index is 13.4. The number of amides is 1. The van der Waals surface area contributed by atoms with Crippen LogP contribution >= 0.6 is 0 Å². The number of aliphatic imine (C=N–C) groups is 1. The van der Waals surface area contributed by atoms with Gasteiger partial charge in [-0.2, -0.15) is 0 Å². The number of nitrogens with zero attached hydrogens (tertiary/aromatic N) is 2. The van der Waals surface area contributed by atoms with Crippen LogP contribution in [0.25, 0.3) is 0 Å². The van der Waals surface area contributed by atoms with Crippen LogP contribution in [-0.4, -0.2) is 44.0 Å². The van der Waals surface area contributed by atoms with Crippen LogP contribution in [0.5, 0.6) is 0 Å². The molecule has 0 spiro atoms. The highest BCUT2D eigenvalue weighted by atomic mass is 19.1. The van der Waals surface area contributed by atoms with Crippen molar-refractivity contribution >= 4 is 11.9 Å². The summed E-state index contributed by atoms with van der Waals surface area (Å²) in [5.41, 5.74) is 1.48. The molecule has 1 aromatic carbocycles. The molecular formula is C19H25FN4O2. The Balaban J connectivity index is 1.97. The van der Waals surface area contributed by atoms with Crippen LogP contribution in [0.3, 0.4) is 0 Å². The number of carbonyl (C=O) groups excluding carboxylic acids is 1. The summed E-state index contributed by atoms with van der Waals surface area (Å²) in [4.78, 5) is 17.8. The van der Waals surface area contributed by atoms with E-state index in [-0.39, 0.29) is 18.3 Å². The van der Waals surface area contributed by atoms with Crippen molar-refractivity contribution in [1.82, 2.24) is 15.5 Å². The minimum absolute atomic E-state index is 0.0526. The van der Waals surface area contributed by atoms with E-state index in [9.17, 15) is 9.18 Å². The Morgan fingerprint density at radius 3 is 2.73 bits per heavy atom. The average molecular weight is 360 g/mol. The SMILES string of the molecule is Cc1cc(CN=C(NCCc2ccco2)NCC(=O)N(C)C)ccc1F. The Labute approximate surface area is 153 Å². The molecule has 0 bridgehead atoms. The number of aryl methyl sites for hydroxylation is 1. The third-order valence-electron chi connectivity index (χ3n) is 3.79. The summed E-state index contributed by atoms with van der Waals surface area (Å²) in [7, 11) is 3.40. The Hall–Kier alpha value is -2.83. The van der Waals surface area contributed by atoms with Gasteiger partial charge in [0.25, 0.3) is 0 Å². The van der Waals surface area contributed by atoms with E-state index in [1.165, 1.54) is 11.0 Å². The molecule has 0 aliphatic rings. The Morgan fingerprint density at radius 2 is 2.08 bits per heavy atom. The van der Waals surface area contributed by atoms with Crippen molar-refractivity contribution in [3.8, 4) is 0 Å². The molecule has 7 heteroatoms. The molecule has 6 nitrogen and oxygen atoms in total. The van der Waals surface area contributed by atoms with Crippen molar-refractivity contribution < 1.29 is 13.6 Å². The second-order valence-corrected chi connectivity index (χ2v) is 6.15. The van der Waals surface area contributed by atoms with E-state index in [1.807, 2.05) is 12.1 Å². The fourth-order valence-electron chi connectivity index (χ4n) is 2.23. The molecule has 0 unspecified atom stereocenters. The number of likely N-dealkylation sites (N-methyl/N-ethyl adjacent to an activating group) is 1. The molecule has 1 aromatic heterocycles. The number of rotatable bonds is 7. The van der Waals surface area contributed by atoms with E-state index in [4.69, 9.17) is 4.42 Å². The van der Waals surface area contributed by atoms with Crippen LogP contribution in [0.1, 0.15) is 16.9 Å². The fourth-order valence-corrected chi connectivity index (χ4v) is 2.23. The number of halogens is 1. The van der Waals surface area contributed by atoms with E-state index in [2.05, 4.69) is 15.6 Å². The van der Waals surface area contributed by atoms with E-state index >= 15 is 0 Å². The lowest BCUT2D eigenvalue weighted by atomic mass is 10.1. The van der Waals surface area contributed by atoms with Crippen molar-refractivity contribution in [3.05, 3.63) is 59.3 Å². The quantitative estimate of drug-likeness (QED) is 0.586. The highest BCUT2D eigenvalue weighted by molar-refractivity contribution is 5.86. The number of guanidine groups is 1. The lowest BCUT2D eigenvalue weighted by Crippen LogP contribution is -2.43. The molecule has 1 heterocycles. The maximum atomic E-state index is 13.4. The summed E-state index contributed by atoms with van der Waals surface area (Å²) < 4.78 is 18.7. The highest BCUT2D eigenvalue weighted by Crippen LogP contribution is 2.10. The zero-order valence-electron chi connectivity index (χ0n) is 15.4. The van der Waals surface area contributed by atoms with Gasteiger partial charge in [-0.25, -0.2) is 9.38 Å². The lowest BCUT2D eigenvalue weighted by molar-refractivity contribution is -0.127.